The number of fused-ring (bicyclic) bond motifs is 2. The number of benzene rings is 2. The standard InChI is InChI=1S/C15H13NS2/c17-10-16-15-12-6-2-1-5-11(12)9-18-14-8-4-3-7-13(14)15/h1-8,10,15H,9H2,(H,16,17). The van der Waals surface area contributed by atoms with Gasteiger partial charge in [-0.15, -0.1) is 11.8 Å². The first-order chi connectivity index (χ1) is 8.90. The molecule has 1 nitrogen and oxygen atoms in total. The Morgan fingerprint density at radius 2 is 1.78 bits per heavy atom. The summed E-state index contributed by atoms with van der Waals surface area (Å²) in [5, 5.41) is 3.31. The van der Waals surface area contributed by atoms with Crippen LogP contribution in [0.4, 0.5) is 0 Å². The van der Waals surface area contributed by atoms with Crippen molar-refractivity contribution in [3.63, 3.8) is 0 Å². The summed E-state index contributed by atoms with van der Waals surface area (Å²) in [5.74, 6) is 1.02. The van der Waals surface area contributed by atoms with E-state index < -0.39 is 0 Å². The molecule has 1 unspecified atom stereocenters. The monoisotopic (exact) mass is 271 g/mol. The fourth-order valence-corrected chi connectivity index (χ4v) is 3.61. The van der Waals surface area contributed by atoms with E-state index in [1.165, 1.54) is 21.6 Å². The van der Waals surface area contributed by atoms with Gasteiger partial charge in [-0.05, 0) is 22.8 Å². The van der Waals surface area contributed by atoms with E-state index in [2.05, 4.69) is 53.8 Å². The van der Waals surface area contributed by atoms with Gasteiger partial charge in [0, 0.05) is 10.6 Å². The van der Waals surface area contributed by atoms with E-state index in [-0.39, 0.29) is 6.04 Å². The van der Waals surface area contributed by atoms with Crippen LogP contribution >= 0.6 is 24.0 Å². The molecule has 0 aliphatic carbocycles. The second-order valence-corrected chi connectivity index (χ2v) is 5.50. The maximum Gasteiger partial charge on any atom is 0.0783 e. The molecule has 1 heterocycles. The molecule has 0 aromatic heterocycles. The van der Waals surface area contributed by atoms with Gasteiger partial charge in [0.25, 0.3) is 0 Å². The van der Waals surface area contributed by atoms with Gasteiger partial charge >= 0.3 is 0 Å². The van der Waals surface area contributed by atoms with E-state index in [9.17, 15) is 0 Å². The number of hydrogen-bond acceptors (Lipinski definition) is 2. The zero-order valence-corrected chi connectivity index (χ0v) is 11.4. The van der Waals surface area contributed by atoms with Crippen LogP contribution < -0.4 is 5.32 Å². The molecule has 18 heavy (non-hydrogen) atoms. The van der Waals surface area contributed by atoms with Crippen molar-refractivity contribution in [1.29, 1.82) is 0 Å². The molecule has 90 valence electrons. The number of thiocarbonyl (C=S) groups is 1. The zero-order valence-electron chi connectivity index (χ0n) is 9.80. The van der Waals surface area contributed by atoms with Gasteiger partial charge in [-0.25, -0.2) is 0 Å². The van der Waals surface area contributed by atoms with Crippen molar-refractivity contribution < 1.29 is 0 Å². The van der Waals surface area contributed by atoms with Gasteiger partial charge in [0.15, 0.2) is 0 Å². The lowest BCUT2D eigenvalue weighted by Crippen LogP contribution is -2.20. The molecule has 0 fully saturated rings. The molecule has 0 saturated heterocycles. The quantitative estimate of drug-likeness (QED) is 0.831. The molecule has 2 aromatic carbocycles. The summed E-state index contributed by atoms with van der Waals surface area (Å²) >= 11 is 6.89. The van der Waals surface area contributed by atoms with Crippen molar-refractivity contribution >= 4 is 29.5 Å². The zero-order chi connectivity index (χ0) is 12.4. The van der Waals surface area contributed by atoms with E-state index in [0.717, 1.165) is 5.75 Å². The predicted octanol–water partition coefficient (Wildman–Crippen LogP) is 3.93. The Morgan fingerprint density at radius 1 is 1.06 bits per heavy atom. The van der Waals surface area contributed by atoms with Gasteiger partial charge in [0.1, 0.15) is 0 Å². The molecule has 0 radical (unpaired) electrons. The van der Waals surface area contributed by atoms with Gasteiger partial charge in [0.05, 0.1) is 11.5 Å². The van der Waals surface area contributed by atoms with E-state index in [1.54, 1.807) is 5.49 Å². The molecule has 3 heteroatoms. The Labute approximate surface area is 117 Å². The number of hydrogen-bond donors (Lipinski definition) is 1. The molecule has 1 aliphatic rings. The summed E-state index contributed by atoms with van der Waals surface area (Å²) in [6.07, 6.45) is 0. The summed E-state index contributed by atoms with van der Waals surface area (Å²) in [4.78, 5) is 1.34. The van der Waals surface area contributed by atoms with E-state index >= 15 is 0 Å². The molecule has 1 aliphatic heterocycles. The summed E-state index contributed by atoms with van der Waals surface area (Å²) < 4.78 is 0. The lowest BCUT2D eigenvalue weighted by atomic mass is 9.95. The normalized spacial score (nSPS) is 17.2. The van der Waals surface area contributed by atoms with Gasteiger partial charge < -0.3 is 5.32 Å². The Hall–Kier alpha value is -1.32. The number of rotatable bonds is 2. The third-order valence-electron chi connectivity index (χ3n) is 3.21. The van der Waals surface area contributed by atoms with Crippen molar-refractivity contribution in [2.75, 3.05) is 0 Å². The summed E-state index contributed by atoms with van der Waals surface area (Å²) in [6.45, 7) is 0. The Kier molecular flexibility index (Phi) is 3.35. The van der Waals surface area contributed by atoms with Crippen LogP contribution in [0.25, 0.3) is 0 Å². The van der Waals surface area contributed by atoms with Crippen LogP contribution in [-0.4, -0.2) is 5.49 Å². The van der Waals surface area contributed by atoms with E-state index in [0.29, 0.717) is 0 Å². The highest BCUT2D eigenvalue weighted by atomic mass is 32.2. The third kappa shape index (κ3) is 2.04. The molecule has 2 aromatic rings. The Bertz CT molecular complexity index is 533. The summed E-state index contributed by atoms with van der Waals surface area (Å²) in [6, 6.07) is 17.3. The van der Waals surface area contributed by atoms with Crippen molar-refractivity contribution in [3.05, 3.63) is 65.2 Å². The van der Waals surface area contributed by atoms with Crippen molar-refractivity contribution in [2.45, 2.75) is 16.7 Å². The molecule has 1 atom stereocenters. The second kappa shape index (κ2) is 5.12. The van der Waals surface area contributed by atoms with Gasteiger partial charge in [0.2, 0.25) is 0 Å². The molecule has 0 saturated carbocycles. The molecule has 1 N–H and O–H groups in total. The molecule has 0 bridgehead atoms. The average Bonchev–Trinajstić information content (AvgIpc) is 2.58. The predicted molar refractivity (Wildman–Crippen MR) is 81.1 cm³/mol. The highest BCUT2D eigenvalue weighted by Gasteiger charge is 2.22. The van der Waals surface area contributed by atoms with Crippen LogP contribution in [0.3, 0.4) is 0 Å². The topological polar surface area (TPSA) is 12.0 Å². The lowest BCUT2D eigenvalue weighted by Gasteiger charge is -2.19. The van der Waals surface area contributed by atoms with E-state index in [4.69, 9.17) is 12.2 Å². The fraction of sp³-hybridized carbons (Fsp3) is 0.133. The van der Waals surface area contributed by atoms with Gasteiger partial charge in [-0.3, -0.25) is 0 Å². The maximum atomic E-state index is 4.99. The van der Waals surface area contributed by atoms with Crippen LogP contribution in [0, 0.1) is 0 Å². The van der Waals surface area contributed by atoms with Crippen molar-refractivity contribution in [3.8, 4) is 0 Å². The maximum absolute atomic E-state index is 4.99. The fourth-order valence-electron chi connectivity index (χ4n) is 2.37. The first kappa shape index (κ1) is 11.8. The smallest absolute Gasteiger partial charge is 0.0783 e. The summed E-state index contributed by atoms with van der Waals surface area (Å²) in [5.41, 5.74) is 5.64. The molecule has 0 spiro atoms. The first-order valence-corrected chi connectivity index (χ1v) is 7.35. The molecule has 3 rings (SSSR count). The average molecular weight is 271 g/mol. The van der Waals surface area contributed by atoms with Crippen molar-refractivity contribution in [2.24, 2.45) is 0 Å². The highest BCUT2D eigenvalue weighted by Crippen LogP contribution is 2.38. The van der Waals surface area contributed by atoms with Gasteiger partial charge in [-0.1, -0.05) is 54.7 Å². The van der Waals surface area contributed by atoms with Gasteiger partial charge in [-0.2, -0.15) is 0 Å². The first-order valence-electron chi connectivity index (χ1n) is 5.89. The third-order valence-corrected chi connectivity index (χ3v) is 4.49. The second-order valence-electron chi connectivity index (χ2n) is 4.24. The Morgan fingerprint density at radius 3 is 2.61 bits per heavy atom. The van der Waals surface area contributed by atoms with Crippen LogP contribution in [0.2, 0.25) is 0 Å². The van der Waals surface area contributed by atoms with Crippen LogP contribution in [-0.2, 0) is 5.75 Å². The molecular formula is C15H13NS2. The molecular weight excluding hydrogens is 258 g/mol. The van der Waals surface area contributed by atoms with Crippen LogP contribution in [0.1, 0.15) is 22.7 Å². The highest BCUT2D eigenvalue weighted by molar-refractivity contribution is 7.98. The largest absolute Gasteiger partial charge is 0.371 e. The summed E-state index contributed by atoms with van der Waals surface area (Å²) in [7, 11) is 0. The van der Waals surface area contributed by atoms with E-state index in [1.807, 2.05) is 11.8 Å². The lowest BCUT2D eigenvalue weighted by molar-refractivity contribution is 0.760. The minimum atomic E-state index is 0.171. The van der Waals surface area contributed by atoms with Crippen LogP contribution in [0.15, 0.2) is 53.4 Å². The number of thioether (sulfide) groups is 1. The minimum absolute atomic E-state index is 0.171. The number of nitrogens with one attached hydrogen (secondary N) is 1. The Balaban J connectivity index is 2.17. The van der Waals surface area contributed by atoms with Crippen molar-refractivity contribution in [1.82, 2.24) is 5.32 Å². The molecule has 0 amide bonds. The minimum Gasteiger partial charge on any atom is -0.371 e. The van der Waals surface area contributed by atoms with Crippen LogP contribution in [0.5, 0.6) is 0 Å². The SMILES string of the molecule is S=CNC1c2ccccc2CSc2ccccc21.